The number of nitrogens with zero attached hydrogens (tertiary/aromatic N) is 2. The Hall–Kier alpha value is -3.60. The summed E-state index contributed by atoms with van der Waals surface area (Å²) in [4.78, 5) is 75.8. The highest BCUT2D eigenvalue weighted by Crippen LogP contribution is 2.28. The lowest BCUT2D eigenvalue weighted by Gasteiger charge is -2.33. The van der Waals surface area contributed by atoms with Gasteiger partial charge in [-0.15, -0.1) is 0 Å². The summed E-state index contributed by atoms with van der Waals surface area (Å²) in [5.41, 5.74) is 6.06. The van der Waals surface area contributed by atoms with Gasteiger partial charge in [-0.1, -0.05) is 26.0 Å². The van der Waals surface area contributed by atoms with Crippen LogP contribution >= 0.6 is 0 Å². The first-order chi connectivity index (χ1) is 15.1. The molecule has 11 nitrogen and oxygen atoms in total. The van der Waals surface area contributed by atoms with Crippen molar-refractivity contribution >= 4 is 35.5 Å². The molecule has 0 spiro atoms. The molecular formula is C21H24N4O7. The molecule has 2 aliphatic heterocycles. The first-order valence-corrected chi connectivity index (χ1v) is 10.1. The van der Waals surface area contributed by atoms with Gasteiger partial charge < -0.3 is 15.8 Å². The predicted octanol–water partition coefficient (Wildman–Crippen LogP) is -0.600. The molecule has 1 aromatic carbocycles. The van der Waals surface area contributed by atoms with Gasteiger partial charge in [0.1, 0.15) is 12.6 Å². The molecule has 0 saturated carbocycles. The van der Waals surface area contributed by atoms with Crippen molar-refractivity contribution in [2.45, 2.75) is 38.8 Å². The van der Waals surface area contributed by atoms with Crippen LogP contribution in [0.15, 0.2) is 24.3 Å². The lowest BCUT2D eigenvalue weighted by Crippen LogP contribution is -2.56. The minimum Gasteiger partial charge on any atom is -0.442 e. The van der Waals surface area contributed by atoms with Gasteiger partial charge in [0.2, 0.25) is 11.8 Å². The molecule has 0 aliphatic carbocycles. The van der Waals surface area contributed by atoms with Crippen molar-refractivity contribution in [3.8, 4) is 0 Å². The molecule has 32 heavy (non-hydrogen) atoms. The standard InChI is InChI=1S/C21H24N4O7/c1-11(2)17(22)18(28)23-9-16(27)32-10-24-15(26)8-7-14(21(24)31)25-19(29)12-5-3-4-6-13(12)20(25)30/h3-6,11,14,17H,7-10,22H2,1-2H3,(H,23,28)/t14-,17?/m0/s1. The molecule has 1 aromatic rings. The van der Waals surface area contributed by atoms with Crippen LogP contribution in [0.2, 0.25) is 0 Å². The van der Waals surface area contributed by atoms with E-state index in [1.54, 1.807) is 26.0 Å². The molecule has 0 bridgehead atoms. The van der Waals surface area contributed by atoms with Gasteiger partial charge in [-0.2, -0.15) is 0 Å². The maximum Gasteiger partial charge on any atom is 0.327 e. The monoisotopic (exact) mass is 444 g/mol. The Labute approximate surface area is 183 Å². The number of ether oxygens (including phenoxy) is 1. The summed E-state index contributed by atoms with van der Waals surface area (Å²) < 4.78 is 4.94. The second kappa shape index (κ2) is 9.27. The van der Waals surface area contributed by atoms with Gasteiger partial charge in [0.25, 0.3) is 17.7 Å². The van der Waals surface area contributed by atoms with Gasteiger partial charge >= 0.3 is 5.97 Å². The Morgan fingerprint density at radius 1 is 1.12 bits per heavy atom. The Morgan fingerprint density at radius 3 is 2.28 bits per heavy atom. The average Bonchev–Trinajstić information content (AvgIpc) is 3.02. The summed E-state index contributed by atoms with van der Waals surface area (Å²) in [6, 6.07) is 4.23. The van der Waals surface area contributed by atoms with E-state index in [1.165, 1.54) is 12.1 Å². The fraction of sp³-hybridized carbons (Fsp3) is 0.429. The molecular weight excluding hydrogens is 420 g/mol. The molecule has 1 fully saturated rings. The van der Waals surface area contributed by atoms with Crippen molar-refractivity contribution < 1.29 is 33.5 Å². The van der Waals surface area contributed by atoms with E-state index in [0.717, 1.165) is 4.90 Å². The van der Waals surface area contributed by atoms with Crippen LogP contribution in [0.4, 0.5) is 0 Å². The molecule has 2 aliphatic rings. The molecule has 5 amide bonds. The Balaban J connectivity index is 1.61. The van der Waals surface area contributed by atoms with Crippen molar-refractivity contribution in [1.82, 2.24) is 15.1 Å². The number of nitrogens with one attached hydrogen (secondary N) is 1. The van der Waals surface area contributed by atoms with Gasteiger partial charge in [0.05, 0.1) is 17.2 Å². The smallest absolute Gasteiger partial charge is 0.327 e. The van der Waals surface area contributed by atoms with Gasteiger partial charge in [-0.25, -0.2) is 4.90 Å². The van der Waals surface area contributed by atoms with E-state index < -0.39 is 60.9 Å². The molecule has 170 valence electrons. The highest BCUT2D eigenvalue weighted by atomic mass is 16.5. The van der Waals surface area contributed by atoms with Gasteiger partial charge in [0.15, 0.2) is 6.73 Å². The molecule has 0 radical (unpaired) electrons. The highest BCUT2D eigenvalue weighted by Gasteiger charge is 2.47. The Morgan fingerprint density at radius 2 is 1.72 bits per heavy atom. The number of likely N-dealkylation sites (tertiary alicyclic amines) is 1. The third-order valence-corrected chi connectivity index (χ3v) is 5.40. The number of nitrogens with two attached hydrogens (primary N) is 1. The fourth-order valence-electron chi connectivity index (χ4n) is 3.45. The molecule has 0 aromatic heterocycles. The number of esters is 1. The van der Waals surface area contributed by atoms with Crippen LogP contribution in [-0.4, -0.2) is 70.7 Å². The van der Waals surface area contributed by atoms with Crippen LogP contribution < -0.4 is 11.1 Å². The second-order valence-electron chi connectivity index (χ2n) is 7.87. The Bertz CT molecular complexity index is 955. The zero-order valence-corrected chi connectivity index (χ0v) is 17.7. The molecule has 1 unspecified atom stereocenters. The fourth-order valence-corrected chi connectivity index (χ4v) is 3.45. The molecule has 2 heterocycles. The molecule has 3 rings (SSSR count). The number of hydrogen-bond acceptors (Lipinski definition) is 8. The van der Waals surface area contributed by atoms with E-state index in [9.17, 15) is 28.8 Å². The molecule has 2 atom stereocenters. The van der Waals surface area contributed by atoms with E-state index in [-0.39, 0.29) is 29.9 Å². The number of carbonyl (C=O) groups excluding carboxylic acids is 6. The SMILES string of the molecule is CC(C)C(N)C(=O)NCC(=O)OCN1C(=O)CC[C@H](N2C(=O)c3ccccc3C2=O)C1=O. The Kier molecular flexibility index (Phi) is 6.68. The van der Waals surface area contributed by atoms with Crippen LogP contribution in [0.3, 0.4) is 0 Å². The third kappa shape index (κ3) is 4.37. The lowest BCUT2D eigenvalue weighted by atomic mass is 10.0. The predicted molar refractivity (Wildman–Crippen MR) is 109 cm³/mol. The van der Waals surface area contributed by atoms with Crippen molar-refractivity contribution in [1.29, 1.82) is 0 Å². The average molecular weight is 444 g/mol. The summed E-state index contributed by atoms with van der Waals surface area (Å²) in [5, 5.41) is 2.32. The lowest BCUT2D eigenvalue weighted by molar-refractivity contribution is -0.163. The number of piperidine rings is 1. The highest BCUT2D eigenvalue weighted by molar-refractivity contribution is 6.23. The summed E-state index contributed by atoms with van der Waals surface area (Å²) in [7, 11) is 0. The van der Waals surface area contributed by atoms with Crippen LogP contribution in [0.1, 0.15) is 47.4 Å². The van der Waals surface area contributed by atoms with Crippen LogP contribution in [-0.2, 0) is 23.9 Å². The van der Waals surface area contributed by atoms with Crippen molar-refractivity contribution in [3.63, 3.8) is 0 Å². The topological polar surface area (TPSA) is 156 Å². The minimum absolute atomic E-state index is 0.0171. The minimum atomic E-state index is -1.18. The first-order valence-electron chi connectivity index (χ1n) is 10.1. The number of carbonyl (C=O) groups is 6. The number of rotatable bonds is 7. The van der Waals surface area contributed by atoms with Gasteiger partial charge in [-0.3, -0.25) is 33.7 Å². The number of amides is 5. The van der Waals surface area contributed by atoms with Crippen LogP contribution in [0, 0.1) is 5.92 Å². The largest absolute Gasteiger partial charge is 0.442 e. The zero-order chi connectivity index (χ0) is 23.6. The summed E-state index contributed by atoms with van der Waals surface area (Å²) in [6.07, 6.45) is -0.127. The molecule has 3 N–H and O–H groups in total. The molecule has 1 saturated heterocycles. The summed E-state index contributed by atoms with van der Waals surface area (Å²) in [6.45, 7) is 2.32. The third-order valence-electron chi connectivity index (χ3n) is 5.40. The van der Waals surface area contributed by atoms with E-state index in [0.29, 0.717) is 4.90 Å². The maximum atomic E-state index is 12.9. The normalized spacial score (nSPS) is 19.3. The number of hydrogen-bond donors (Lipinski definition) is 2. The number of imide groups is 2. The number of benzene rings is 1. The summed E-state index contributed by atoms with van der Waals surface area (Å²) in [5.74, 6) is -4.17. The van der Waals surface area contributed by atoms with E-state index in [4.69, 9.17) is 10.5 Å². The van der Waals surface area contributed by atoms with E-state index in [1.807, 2.05) is 0 Å². The van der Waals surface area contributed by atoms with Crippen LogP contribution in [0.5, 0.6) is 0 Å². The summed E-state index contributed by atoms with van der Waals surface area (Å²) >= 11 is 0. The zero-order valence-electron chi connectivity index (χ0n) is 17.7. The molecule has 11 heteroatoms. The first kappa shape index (κ1) is 23.1. The maximum absolute atomic E-state index is 12.9. The van der Waals surface area contributed by atoms with E-state index in [2.05, 4.69) is 5.32 Å². The van der Waals surface area contributed by atoms with Crippen molar-refractivity contribution in [3.05, 3.63) is 35.4 Å². The second-order valence-corrected chi connectivity index (χ2v) is 7.87. The number of fused-ring (bicyclic) bond motifs is 1. The van der Waals surface area contributed by atoms with Gasteiger partial charge in [0, 0.05) is 6.42 Å². The van der Waals surface area contributed by atoms with Gasteiger partial charge in [-0.05, 0) is 24.5 Å². The van der Waals surface area contributed by atoms with Crippen molar-refractivity contribution in [2.75, 3.05) is 13.3 Å². The van der Waals surface area contributed by atoms with Crippen LogP contribution in [0.25, 0.3) is 0 Å². The quantitative estimate of drug-likeness (QED) is 0.417. The van der Waals surface area contributed by atoms with Crippen molar-refractivity contribution in [2.24, 2.45) is 11.7 Å². The van der Waals surface area contributed by atoms with E-state index >= 15 is 0 Å².